The Labute approximate surface area is 207 Å². The van der Waals surface area contributed by atoms with Gasteiger partial charge in [-0.2, -0.15) is 0 Å². The molecule has 0 saturated carbocycles. The van der Waals surface area contributed by atoms with Gasteiger partial charge in [-0.15, -0.1) is 0 Å². The van der Waals surface area contributed by atoms with Crippen LogP contribution in [-0.4, -0.2) is 25.0 Å². The zero-order valence-corrected chi connectivity index (χ0v) is 20.2. The molecule has 1 saturated heterocycles. The maximum atomic E-state index is 13.2. The molecule has 0 spiro atoms. The molecule has 0 atom stereocenters. The molecule has 0 bridgehead atoms. The highest BCUT2D eigenvalue weighted by molar-refractivity contribution is 6.39. The van der Waals surface area contributed by atoms with E-state index in [1.807, 2.05) is 32.0 Å². The molecule has 7 nitrogen and oxygen atoms in total. The Bertz CT molecular complexity index is 1350. The first kappa shape index (κ1) is 24.0. The van der Waals surface area contributed by atoms with Gasteiger partial charge in [0, 0.05) is 10.6 Å². The zero-order valence-electron chi connectivity index (χ0n) is 19.4. The van der Waals surface area contributed by atoms with Crippen molar-refractivity contribution in [1.82, 2.24) is 5.32 Å². The fraction of sp³-hybridized carbons (Fsp3) is 0.148. The van der Waals surface area contributed by atoms with E-state index >= 15 is 0 Å². The lowest BCUT2D eigenvalue weighted by molar-refractivity contribution is -0.122. The SMILES string of the molecule is COc1ccc(N2C(=O)NC(=O)/C(=C\c3cc(Cl)ccc3OCc3ccc(C)c(C)c3)C2=O)cc1. The van der Waals surface area contributed by atoms with Crippen LogP contribution in [-0.2, 0) is 16.2 Å². The highest BCUT2D eigenvalue weighted by Gasteiger charge is 2.37. The predicted molar refractivity (Wildman–Crippen MR) is 134 cm³/mol. The van der Waals surface area contributed by atoms with Crippen molar-refractivity contribution in [3.05, 3.63) is 93.5 Å². The third-order valence-corrected chi connectivity index (χ3v) is 5.90. The summed E-state index contributed by atoms with van der Waals surface area (Å²) < 4.78 is 11.1. The number of halogens is 1. The number of anilines is 1. The van der Waals surface area contributed by atoms with Crippen LogP contribution in [0, 0.1) is 13.8 Å². The summed E-state index contributed by atoms with van der Waals surface area (Å²) >= 11 is 6.19. The van der Waals surface area contributed by atoms with Crippen LogP contribution in [0.5, 0.6) is 11.5 Å². The van der Waals surface area contributed by atoms with Crippen molar-refractivity contribution in [3.8, 4) is 11.5 Å². The lowest BCUT2D eigenvalue weighted by atomic mass is 10.1. The van der Waals surface area contributed by atoms with Gasteiger partial charge in [0.15, 0.2) is 0 Å². The van der Waals surface area contributed by atoms with Crippen LogP contribution in [0.3, 0.4) is 0 Å². The van der Waals surface area contributed by atoms with Crippen LogP contribution >= 0.6 is 11.6 Å². The van der Waals surface area contributed by atoms with E-state index < -0.39 is 17.8 Å². The van der Waals surface area contributed by atoms with Gasteiger partial charge in [-0.25, -0.2) is 9.69 Å². The van der Waals surface area contributed by atoms with Gasteiger partial charge < -0.3 is 9.47 Å². The summed E-state index contributed by atoms with van der Waals surface area (Å²) in [6.07, 6.45) is 1.38. The average Bonchev–Trinajstić information content (AvgIpc) is 2.83. The standard InChI is InChI=1S/C27H23ClN2O5/c1-16-4-5-18(12-17(16)2)15-35-24-11-6-20(28)13-19(24)14-23-25(31)29-27(33)30(26(23)32)21-7-9-22(34-3)10-8-21/h4-14H,15H2,1-3H3,(H,29,31,33)/b23-14+. The van der Waals surface area contributed by atoms with Gasteiger partial charge in [0.25, 0.3) is 11.8 Å². The number of hydrogen-bond acceptors (Lipinski definition) is 5. The van der Waals surface area contributed by atoms with Crippen molar-refractivity contribution in [2.45, 2.75) is 20.5 Å². The lowest BCUT2D eigenvalue weighted by Crippen LogP contribution is -2.54. The monoisotopic (exact) mass is 490 g/mol. The smallest absolute Gasteiger partial charge is 0.335 e. The molecule has 3 aromatic carbocycles. The normalized spacial score (nSPS) is 14.8. The van der Waals surface area contributed by atoms with Crippen molar-refractivity contribution in [2.75, 3.05) is 12.0 Å². The minimum atomic E-state index is -0.834. The van der Waals surface area contributed by atoms with Gasteiger partial charge in [-0.1, -0.05) is 29.8 Å². The number of rotatable bonds is 6. The molecule has 1 aliphatic heterocycles. The van der Waals surface area contributed by atoms with Crippen molar-refractivity contribution >= 4 is 41.2 Å². The number of carbonyl (C=O) groups is 3. The Morgan fingerprint density at radius 1 is 0.943 bits per heavy atom. The zero-order chi connectivity index (χ0) is 25.1. The molecular weight excluding hydrogens is 468 g/mol. The van der Waals surface area contributed by atoms with E-state index in [4.69, 9.17) is 21.1 Å². The van der Waals surface area contributed by atoms with Crippen molar-refractivity contribution in [3.63, 3.8) is 0 Å². The second-order valence-corrected chi connectivity index (χ2v) is 8.48. The summed E-state index contributed by atoms with van der Waals surface area (Å²) in [6.45, 7) is 4.35. The van der Waals surface area contributed by atoms with E-state index in [2.05, 4.69) is 5.32 Å². The van der Waals surface area contributed by atoms with Crippen molar-refractivity contribution in [2.24, 2.45) is 0 Å². The van der Waals surface area contributed by atoms with Crippen LogP contribution in [0.15, 0.2) is 66.2 Å². The van der Waals surface area contributed by atoms with Crippen molar-refractivity contribution in [1.29, 1.82) is 0 Å². The third-order valence-electron chi connectivity index (χ3n) is 5.67. The first-order valence-electron chi connectivity index (χ1n) is 10.8. The topological polar surface area (TPSA) is 84.9 Å². The molecular formula is C27H23ClN2O5. The summed E-state index contributed by atoms with van der Waals surface area (Å²) in [5, 5.41) is 2.62. The van der Waals surface area contributed by atoms with Crippen LogP contribution in [0.25, 0.3) is 6.08 Å². The number of carbonyl (C=O) groups excluding carboxylic acids is 3. The van der Waals surface area contributed by atoms with Gasteiger partial charge in [-0.05, 0) is 79.1 Å². The second-order valence-electron chi connectivity index (χ2n) is 8.05. The number of methoxy groups -OCH3 is 1. The number of ether oxygens (including phenoxy) is 2. The Morgan fingerprint density at radius 2 is 1.69 bits per heavy atom. The van der Waals surface area contributed by atoms with Crippen LogP contribution in [0.1, 0.15) is 22.3 Å². The Balaban J connectivity index is 1.65. The minimum Gasteiger partial charge on any atom is -0.497 e. The van der Waals surface area contributed by atoms with Gasteiger partial charge in [-0.3, -0.25) is 14.9 Å². The first-order chi connectivity index (χ1) is 16.8. The Morgan fingerprint density at radius 3 is 2.37 bits per heavy atom. The number of nitrogens with one attached hydrogen (secondary N) is 1. The number of amides is 4. The molecule has 0 radical (unpaired) electrons. The summed E-state index contributed by atoms with van der Waals surface area (Å²) in [5.74, 6) is -0.558. The number of barbiturate groups is 1. The van der Waals surface area contributed by atoms with Crippen LogP contribution < -0.4 is 19.7 Å². The van der Waals surface area contributed by atoms with E-state index in [0.717, 1.165) is 16.0 Å². The quantitative estimate of drug-likeness (QED) is 0.378. The van der Waals surface area contributed by atoms with Crippen molar-refractivity contribution < 1.29 is 23.9 Å². The molecule has 1 heterocycles. The molecule has 1 N–H and O–H groups in total. The second kappa shape index (κ2) is 10.0. The lowest BCUT2D eigenvalue weighted by Gasteiger charge is -2.26. The summed E-state index contributed by atoms with van der Waals surface area (Å²) in [7, 11) is 1.51. The number of nitrogens with zero attached hydrogens (tertiary/aromatic N) is 1. The van der Waals surface area contributed by atoms with E-state index in [-0.39, 0.29) is 12.2 Å². The molecule has 3 aromatic rings. The highest BCUT2D eigenvalue weighted by Crippen LogP contribution is 2.29. The molecule has 8 heteroatoms. The van der Waals surface area contributed by atoms with Gasteiger partial charge >= 0.3 is 6.03 Å². The molecule has 1 fully saturated rings. The number of aryl methyl sites for hydroxylation is 2. The van der Waals surface area contributed by atoms with E-state index in [1.165, 1.54) is 18.7 Å². The largest absolute Gasteiger partial charge is 0.497 e. The minimum absolute atomic E-state index is 0.223. The highest BCUT2D eigenvalue weighted by atomic mass is 35.5. The molecule has 0 aliphatic carbocycles. The predicted octanol–water partition coefficient (Wildman–Crippen LogP) is 5.21. The molecule has 178 valence electrons. The number of benzene rings is 3. The van der Waals surface area contributed by atoms with E-state index in [9.17, 15) is 14.4 Å². The summed E-state index contributed by atoms with van der Waals surface area (Å²) in [5.41, 5.74) is 3.82. The fourth-order valence-electron chi connectivity index (χ4n) is 3.60. The number of imide groups is 2. The Kier molecular flexibility index (Phi) is 6.89. The molecule has 4 amide bonds. The third kappa shape index (κ3) is 5.20. The van der Waals surface area contributed by atoms with Crippen LogP contribution in [0.4, 0.5) is 10.5 Å². The maximum Gasteiger partial charge on any atom is 0.335 e. The summed E-state index contributed by atoms with van der Waals surface area (Å²) in [4.78, 5) is 39.2. The molecule has 0 aromatic heterocycles. The van der Waals surface area contributed by atoms with E-state index in [0.29, 0.717) is 27.8 Å². The first-order valence-corrected chi connectivity index (χ1v) is 11.2. The molecule has 0 unspecified atom stereocenters. The fourth-order valence-corrected chi connectivity index (χ4v) is 3.78. The van der Waals surface area contributed by atoms with Crippen LogP contribution in [0.2, 0.25) is 5.02 Å². The number of urea groups is 1. The van der Waals surface area contributed by atoms with Gasteiger partial charge in [0.05, 0.1) is 12.8 Å². The van der Waals surface area contributed by atoms with Gasteiger partial charge in [0.1, 0.15) is 23.7 Å². The molecule has 1 aliphatic rings. The van der Waals surface area contributed by atoms with E-state index in [1.54, 1.807) is 42.5 Å². The average molecular weight is 491 g/mol. The molecule has 35 heavy (non-hydrogen) atoms. The number of hydrogen-bond donors (Lipinski definition) is 1. The van der Waals surface area contributed by atoms with Gasteiger partial charge in [0.2, 0.25) is 0 Å². The summed E-state index contributed by atoms with van der Waals surface area (Å²) in [6, 6.07) is 16.5. The Hall–Kier alpha value is -4.10. The molecule has 4 rings (SSSR count). The maximum absolute atomic E-state index is 13.2.